The summed E-state index contributed by atoms with van der Waals surface area (Å²) in [5.74, 6) is 1.05. The van der Waals surface area contributed by atoms with Crippen molar-refractivity contribution in [3.63, 3.8) is 0 Å². The van der Waals surface area contributed by atoms with E-state index in [1.54, 1.807) is 31.3 Å². The summed E-state index contributed by atoms with van der Waals surface area (Å²) in [6.07, 6.45) is 1.62. The molecule has 0 saturated heterocycles. The van der Waals surface area contributed by atoms with E-state index in [1.807, 2.05) is 6.92 Å². The van der Waals surface area contributed by atoms with E-state index in [-0.39, 0.29) is 6.61 Å². The summed E-state index contributed by atoms with van der Waals surface area (Å²) < 4.78 is 12.7. The molecule has 2 rings (SSSR count). The number of rotatable bonds is 7. The highest BCUT2D eigenvalue weighted by Crippen LogP contribution is 2.28. The zero-order valence-electron chi connectivity index (χ0n) is 12.8. The minimum atomic E-state index is -0.553. The van der Waals surface area contributed by atoms with E-state index in [0.717, 1.165) is 5.56 Å². The second-order valence-electron chi connectivity index (χ2n) is 4.53. The molecular formula is C14H17N5O3S. The Hall–Kier alpha value is -2.68. The summed E-state index contributed by atoms with van der Waals surface area (Å²) >= 11 is 5.08. The highest BCUT2D eigenvalue weighted by Gasteiger charge is 2.07. The van der Waals surface area contributed by atoms with Crippen LogP contribution in [0.5, 0.6) is 11.5 Å². The predicted molar refractivity (Wildman–Crippen MR) is 87.4 cm³/mol. The van der Waals surface area contributed by atoms with Gasteiger partial charge in [0.25, 0.3) is 5.91 Å². The molecule has 1 aromatic carbocycles. The van der Waals surface area contributed by atoms with E-state index in [0.29, 0.717) is 28.7 Å². The first kappa shape index (κ1) is 16.7. The number of aryl methyl sites for hydroxylation is 1. The summed E-state index contributed by atoms with van der Waals surface area (Å²) in [7, 11) is 0. The number of aromatic nitrogens is 3. The zero-order chi connectivity index (χ0) is 16.8. The molecule has 0 unspecified atom stereocenters. The molecule has 0 bridgehead atoms. The molecule has 3 N–H and O–H groups in total. The standard InChI is InChI=1S/C14H17N5O3S/c1-3-21-12-6-10(4-5-11(12)22-8-13(15)20)7-16-19-9(2)17-18-14(19)23/h4-7H,3,8H2,1-2H3,(H2,15,20)(H,18,23)/b16-7-. The van der Waals surface area contributed by atoms with Crippen molar-refractivity contribution >= 4 is 24.3 Å². The van der Waals surface area contributed by atoms with Crippen molar-refractivity contribution < 1.29 is 14.3 Å². The number of nitrogens with one attached hydrogen (secondary N) is 1. The Balaban J connectivity index is 2.24. The molecule has 9 heteroatoms. The molecule has 0 aliphatic heterocycles. The fraction of sp³-hybridized carbons (Fsp3) is 0.286. The van der Waals surface area contributed by atoms with Gasteiger partial charge in [-0.3, -0.25) is 9.89 Å². The largest absolute Gasteiger partial charge is 0.490 e. The van der Waals surface area contributed by atoms with Crippen molar-refractivity contribution in [3.05, 3.63) is 34.4 Å². The van der Waals surface area contributed by atoms with Crippen LogP contribution in [-0.4, -0.2) is 40.2 Å². The Labute approximate surface area is 137 Å². The highest BCUT2D eigenvalue weighted by atomic mass is 32.1. The van der Waals surface area contributed by atoms with Crippen molar-refractivity contribution in [2.24, 2.45) is 10.8 Å². The molecular weight excluding hydrogens is 318 g/mol. The third-order valence-electron chi connectivity index (χ3n) is 2.77. The lowest BCUT2D eigenvalue weighted by molar-refractivity contribution is -0.119. The number of aromatic amines is 1. The maximum absolute atomic E-state index is 10.8. The molecule has 8 nitrogen and oxygen atoms in total. The van der Waals surface area contributed by atoms with Gasteiger partial charge >= 0.3 is 0 Å². The molecule has 0 radical (unpaired) electrons. The minimum absolute atomic E-state index is 0.211. The lowest BCUT2D eigenvalue weighted by Gasteiger charge is -2.11. The van der Waals surface area contributed by atoms with Gasteiger partial charge in [-0.15, -0.1) is 0 Å². The number of amides is 1. The Morgan fingerprint density at radius 3 is 2.87 bits per heavy atom. The molecule has 0 aliphatic carbocycles. The minimum Gasteiger partial charge on any atom is -0.490 e. The van der Waals surface area contributed by atoms with Crippen LogP contribution >= 0.6 is 12.2 Å². The number of H-pyrrole nitrogens is 1. The second kappa shape index (κ2) is 7.54. The number of hydrogen-bond acceptors (Lipinski definition) is 6. The third kappa shape index (κ3) is 4.39. The Bertz CT molecular complexity index is 781. The molecule has 1 heterocycles. The van der Waals surface area contributed by atoms with Crippen LogP contribution in [-0.2, 0) is 4.79 Å². The van der Waals surface area contributed by atoms with Gasteiger partial charge in [-0.2, -0.15) is 14.9 Å². The molecule has 0 aliphatic rings. The summed E-state index contributed by atoms with van der Waals surface area (Å²) in [6.45, 7) is 3.89. The number of primary amides is 1. The molecule has 0 spiro atoms. The van der Waals surface area contributed by atoms with Crippen molar-refractivity contribution in [2.45, 2.75) is 13.8 Å². The lowest BCUT2D eigenvalue weighted by atomic mass is 10.2. The highest BCUT2D eigenvalue weighted by molar-refractivity contribution is 7.71. The van der Waals surface area contributed by atoms with Gasteiger partial charge in [0.15, 0.2) is 18.1 Å². The molecule has 0 atom stereocenters. The van der Waals surface area contributed by atoms with Crippen molar-refractivity contribution in [1.29, 1.82) is 0 Å². The fourth-order valence-electron chi connectivity index (χ4n) is 1.77. The van der Waals surface area contributed by atoms with Crippen molar-refractivity contribution in [3.8, 4) is 11.5 Å². The van der Waals surface area contributed by atoms with E-state index in [1.165, 1.54) is 4.68 Å². The van der Waals surface area contributed by atoms with Crippen molar-refractivity contribution in [2.75, 3.05) is 13.2 Å². The Morgan fingerprint density at radius 1 is 1.48 bits per heavy atom. The van der Waals surface area contributed by atoms with Crippen LogP contribution in [0.15, 0.2) is 23.3 Å². The first-order valence-corrected chi connectivity index (χ1v) is 7.28. The molecule has 2 aromatic rings. The molecule has 1 amide bonds. The van der Waals surface area contributed by atoms with Gasteiger partial charge in [0, 0.05) is 0 Å². The van der Waals surface area contributed by atoms with Gasteiger partial charge in [-0.1, -0.05) is 0 Å². The second-order valence-corrected chi connectivity index (χ2v) is 4.91. The van der Waals surface area contributed by atoms with E-state index in [2.05, 4.69) is 15.3 Å². The van der Waals surface area contributed by atoms with Gasteiger partial charge in [0.2, 0.25) is 4.77 Å². The van der Waals surface area contributed by atoms with Gasteiger partial charge in [0.05, 0.1) is 12.8 Å². The number of ether oxygens (including phenoxy) is 2. The SMILES string of the molecule is CCOc1cc(/C=N\n2c(C)n[nH]c2=S)ccc1OCC(N)=O. The third-order valence-corrected chi connectivity index (χ3v) is 3.04. The summed E-state index contributed by atoms with van der Waals surface area (Å²) in [6, 6.07) is 5.22. The van der Waals surface area contributed by atoms with Gasteiger partial charge in [-0.05, 0) is 49.8 Å². The molecule has 1 aromatic heterocycles. The Kier molecular flexibility index (Phi) is 5.47. The van der Waals surface area contributed by atoms with Crippen LogP contribution in [0, 0.1) is 11.7 Å². The summed E-state index contributed by atoms with van der Waals surface area (Å²) in [5, 5.41) is 10.9. The lowest BCUT2D eigenvalue weighted by Crippen LogP contribution is -2.20. The number of carbonyl (C=O) groups excluding carboxylic acids is 1. The maximum Gasteiger partial charge on any atom is 0.255 e. The maximum atomic E-state index is 10.8. The van der Waals surface area contributed by atoms with Crippen LogP contribution in [0.4, 0.5) is 0 Å². The van der Waals surface area contributed by atoms with Crippen LogP contribution in [0.25, 0.3) is 0 Å². The quantitative estimate of drug-likeness (QED) is 0.587. The summed E-state index contributed by atoms with van der Waals surface area (Å²) in [5.41, 5.74) is 5.86. The number of nitrogens with two attached hydrogens (primary N) is 1. The Morgan fingerprint density at radius 2 is 2.26 bits per heavy atom. The van der Waals surface area contributed by atoms with Crippen LogP contribution in [0.1, 0.15) is 18.3 Å². The van der Waals surface area contributed by atoms with Gasteiger partial charge < -0.3 is 15.2 Å². The van der Waals surface area contributed by atoms with Crippen LogP contribution < -0.4 is 15.2 Å². The van der Waals surface area contributed by atoms with E-state index in [4.69, 9.17) is 27.4 Å². The number of carbonyl (C=O) groups is 1. The summed E-state index contributed by atoms with van der Waals surface area (Å²) in [4.78, 5) is 10.8. The average molecular weight is 335 g/mol. The molecule has 122 valence electrons. The topological polar surface area (TPSA) is 108 Å². The predicted octanol–water partition coefficient (Wildman–Crippen LogP) is 1.39. The zero-order valence-corrected chi connectivity index (χ0v) is 13.6. The average Bonchev–Trinajstić information content (AvgIpc) is 2.83. The molecule has 0 fully saturated rings. The fourth-order valence-corrected chi connectivity index (χ4v) is 2.00. The smallest absolute Gasteiger partial charge is 0.255 e. The van der Waals surface area contributed by atoms with Crippen molar-refractivity contribution in [1.82, 2.24) is 14.9 Å². The van der Waals surface area contributed by atoms with Crippen LogP contribution in [0.2, 0.25) is 0 Å². The molecule has 23 heavy (non-hydrogen) atoms. The normalized spacial score (nSPS) is 10.9. The van der Waals surface area contributed by atoms with Crippen LogP contribution in [0.3, 0.4) is 0 Å². The molecule has 0 saturated carbocycles. The number of benzene rings is 1. The van der Waals surface area contributed by atoms with E-state index < -0.39 is 5.91 Å². The van der Waals surface area contributed by atoms with Gasteiger partial charge in [0.1, 0.15) is 5.82 Å². The first-order valence-electron chi connectivity index (χ1n) is 6.87. The van der Waals surface area contributed by atoms with E-state index in [9.17, 15) is 4.79 Å². The first-order chi connectivity index (χ1) is 11.0. The number of hydrogen-bond donors (Lipinski definition) is 2. The van der Waals surface area contributed by atoms with Gasteiger partial charge in [-0.25, -0.2) is 0 Å². The monoisotopic (exact) mass is 335 g/mol. The number of nitrogens with zero attached hydrogens (tertiary/aromatic N) is 3. The van der Waals surface area contributed by atoms with E-state index >= 15 is 0 Å².